The average molecular weight is 376 g/mol. The van der Waals surface area contributed by atoms with Gasteiger partial charge in [0.2, 0.25) is 0 Å². The van der Waals surface area contributed by atoms with Gasteiger partial charge in [0.25, 0.3) is 11.4 Å². The third-order valence-electron chi connectivity index (χ3n) is 3.08. The van der Waals surface area contributed by atoms with E-state index in [0.717, 1.165) is 24.3 Å². The molecule has 0 saturated heterocycles. The number of halogens is 4. The second-order valence-corrected chi connectivity index (χ2v) is 5.97. The maximum atomic E-state index is 14.1. The third-order valence-corrected chi connectivity index (χ3v) is 4.07. The van der Waals surface area contributed by atoms with Crippen molar-refractivity contribution in [2.45, 2.75) is 10.5 Å². The highest BCUT2D eigenvalue weighted by Gasteiger charge is 2.46. The molecular weight excluding hydrogens is 368 g/mol. The van der Waals surface area contributed by atoms with Gasteiger partial charge >= 0.3 is 10.5 Å². The molecule has 0 aliphatic rings. The molecule has 25 heavy (non-hydrogen) atoms. The molecule has 0 amide bonds. The van der Waals surface area contributed by atoms with Crippen molar-refractivity contribution in [2.24, 2.45) is 0 Å². The van der Waals surface area contributed by atoms with E-state index in [1.165, 1.54) is 0 Å². The molecule has 6 nitrogen and oxygen atoms in total. The Hall–Kier alpha value is -2.69. The lowest BCUT2D eigenvalue weighted by molar-refractivity contribution is -0.385. The number of nitrogens with zero attached hydrogens (tertiary/aromatic N) is 2. The fraction of sp³-hybridized carbons (Fsp3) is 0.143. The summed E-state index contributed by atoms with van der Waals surface area (Å²) >= 11 is -0.967. The van der Waals surface area contributed by atoms with Crippen molar-refractivity contribution in [3.8, 4) is 0 Å². The molecule has 0 N–H and O–H groups in total. The molecule has 0 radical (unpaired) electrons. The van der Waals surface area contributed by atoms with Crippen LogP contribution in [0.2, 0.25) is 0 Å². The Labute approximate surface area is 141 Å². The van der Waals surface area contributed by atoms with Crippen molar-refractivity contribution in [1.82, 2.24) is 0 Å². The van der Waals surface area contributed by atoms with Crippen LogP contribution in [0.15, 0.2) is 48.5 Å². The van der Waals surface area contributed by atoms with Gasteiger partial charge in [-0.05, 0) is 36.0 Å². The van der Waals surface area contributed by atoms with Gasteiger partial charge in [0.15, 0.2) is 0 Å². The Kier molecular flexibility index (Phi) is 4.97. The summed E-state index contributed by atoms with van der Waals surface area (Å²) in [5.74, 6) is 0. The quantitative estimate of drug-likeness (QED) is 0.401. The minimum Gasteiger partial charge on any atom is -0.258 e. The van der Waals surface area contributed by atoms with Gasteiger partial charge in [0.05, 0.1) is 9.85 Å². The maximum absolute atomic E-state index is 14.1. The summed E-state index contributed by atoms with van der Waals surface area (Å²) in [7, 11) is 0. The van der Waals surface area contributed by atoms with Gasteiger partial charge < -0.3 is 0 Å². The monoisotopic (exact) mass is 376 g/mol. The first kappa shape index (κ1) is 18.6. The molecular formula is C14H8F4N2O4S. The summed E-state index contributed by atoms with van der Waals surface area (Å²) in [4.78, 5) is 19.4. The Bertz CT molecular complexity index is 730. The Morgan fingerprint density at radius 2 is 0.960 bits per heavy atom. The van der Waals surface area contributed by atoms with Gasteiger partial charge in [-0.2, -0.15) is 17.6 Å². The lowest BCUT2D eigenvalue weighted by atomic mass is 10.2. The van der Waals surface area contributed by atoms with Gasteiger partial charge in [-0.3, -0.25) is 20.2 Å². The molecule has 2 aromatic carbocycles. The molecule has 0 heterocycles. The molecule has 0 bridgehead atoms. The average Bonchev–Trinajstić information content (AvgIpc) is 2.54. The van der Waals surface area contributed by atoms with Gasteiger partial charge in [-0.25, -0.2) is 0 Å². The fourth-order valence-corrected chi connectivity index (χ4v) is 2.66. The molecule has 0 aromatic heterocycles. The third kappa shape index (κ3) is 4.24. The second-order valence-electron chi connectivity index (χ2n) is 4.74. The standard InChI is InChI=1S/C14H8F4N2O4S/c15-13(16,9-1-5-11(6-2-9)19(21)22)25-14(17,18)10-3-7-12(8-4-10)20(23)24/h1-8H. The fourth-order valence-electron chi connectivity index (χ4n) is 1.83. The van der Waals surface area contributed by atoms with E-state index in [9.17, 15) is 37.8 Å². The minimum atomic E-state index is -4.04. The first-order valence-electron chi connectivity index (χ1n) is 6.48. The first-order chi connectivity index (χ1) is 11.5. The zero-order valence-corrected chi connectivity index (χ0v) is 12.9. The van der Waals surface area contributed by atoms with E-state index in [2.05, 4.69) is 0 Å². The number of hydrogen-bond acceptors (Lipinski definition) is 5. The SMILES string of the molecule is O=[N+]([O-])c1ccc(C(F)(F)SC(F)(F)c2ccc([N+](=O)[O-])cc2)cc1. The predicted octanol–water partition coefficient (Wildman–Crippen LogP) is 5.04. The van der Waals surface area contributed by atoms with Crippen LogP contribution in [-0.4, -0.2) is 9.85 Å². The largest absolute Gasteiger partial charge is 0.324 e. The summed E-state index contributed by atoms with van der Waals surface area (Å²) in [6.45, 7) is 0. The zero-order chi connectivity index (χ0) is 18.8. The van der Waals surface area contributed by atoms with Crippen LogP contribution in [0.4, 0.5) is 28.9 Å². The molecule has 0 spiro atoms. The Morgan fingerprint density at radius 1 is 0.680 bits per heavy atom. The molecule has 0 saturated carbocycles. The van der Waals surface area contributed by atoms with Crippen molar-refractivity contribution in [3.63, 3.8) is 0 Å². The van der Waals surface area contributed by atoms with Crippen molar-refractivity contribution >= 4 is 23.1 Å². The topological polar surface area (TPSA) is 86.3 Å². The predicted molar refractivity (Wildman–Crippen MR) is 81.6 cm³/mol. The molecule has 11 heteroatoms. The number of rotatable bonds is 6. The van der Waals surface area contributed by atoms with Crippen LogP contribution in [0.1, 0.15) is 11.1 Å². The molecule has 0 aliphatic heterocycles. The lowest BCUT2D eigenvalue weighted by Gasteiger charge is -2.22. The van der Waals surface area contributed by atoms with E-state index in [1.54, 1.807) is 0 Å². The van der Waals surface area contributed by atoms with E-state index in [-0.39, 0.29) is 0 Å². The van der Waals surface area contributed by atoms with Gasteiger partial charge in [0.1, 0.15) is 0 Å². The van der Waals surface area contributed by atoms with Crippen LogP contribution < -0.4 is 0 Å². The number of alkyl halides is 4. The van der Waals surface area contributed by atoms with E-state index in [0.29, 0.717) is 24.3 Å². The van der Waals surface area contributed by atoms with Crippen LogP contribution in [-0.2, 0) is 10.5 Å². The highest BCUT2D eigenvalue weighted by atomic mass is 32.2. The van der Waals surface area contributed by atoms with Crippen molar-refractivity contribution in [2.75, 3.05) is 0 Å². The van der Waals surface area contributed by atoms with Gasteiger partial charge in [-0.15, -0.1) is 0 Å². The number of thioether (sulfide) groups is 1. The van der Waals surface area contributed by atoms with Crippen LogP contribution in [0.25, 0.3) is 0 Å². The van der Waals surface area contributed by atoms with E-state index < -0.39 is 54.6 Å². The van der Waals surface area contributed by atoms with Gasteiger partial charge in [-0.1, -0.05) is 0 Å². The maximum Gasteiger partial charge on any atom is 0.324 e. The normalized spacial score (nSPS) is 12.0. The second kappa shape index (κ2) is 6.67. The summed E-state index contributed by atoms with van der Waals surface area (Å²) in [6.07, 6.45) is 0. The minimum absolute atomic E-state index is 0.452. The van der Waals surface area contributed by atoms with E-state index in [4.69, 9.17) is 0 Å². The number of non-ortho nitro benzene ring substituents is 2. The molecule has 0 aliphatic carbocycles. The van der Waals surface area contributed by atoms with Crippen LogP contribution in [0.3, 0.4) is 0 Å². The Balaban J connectivity index is 2.24. The lowest BCUT2D eigenvalue weighted by Crippen LogP contribution is -2.18. The van der Waals surface area contributed by atoms with Crippen LogP contribution in [0.5, 0.6) is 0 Å². The highest BCUT2D eigenvalue weighted by molar-refractivity contribution is 8.00. The molecule has 132 valence electrons. The van der Waals surface area contributed by atoms with Gasteiger partial charge in [0, 0.05) is 35.4 Å². The molecule has 0 unspecified atom stereocenters. The van der Waals surface area contributed by atoms with Crippen LogP contribution in [0, 0.1) is 20.2 Å². The first-order valence-corrected chi connectivity index (χ1v) is 7.30. The number of hydrogen-bond donors (Lipinski definition) is 0. The van der Waals surface area contributed by atoms with Crippen molar-refractivity contribution in [1.29, 1.82) is 0 Å². The Morgan fingerprint density at radius 3 is 1.20 bits per heavy atom. The molecule has 0 fully saturated rings. The van der Waals surface area contributed by atoms with Crippen LogP contribution >= 0.6 is 11.8 Å². The smallest absolute Gasteiger partial charge is 0.258 e. The summed E-state index contributed by atoms with van der Waals surface area (Å²) in [5.41, 5.74) is -2.56. The molecule has 0 atom stereocenters. The molecule has 2 aromatic rings. The number of nitro benzene ring substituents is 2. The van der Waals surface area contributed by atoms with Crippen molar-refractivity contribution < 1.29 is 27.4 Å². The van der Waals surface area contributed by atoms with E-state index >= 15 is 0 Å². The summed E-state index contributed by atoms with van der Waals surface area (Å²) in [6, 6.07) is 5.91. The zero-order valence-electron chi connectivity index (χ0n) is 12.1. The van der Waals surface area contributed by atoms with Crippen molar-refractivity contribution in [3.05, 3.63) is 79.9 Å². The summed E-state index contributed by atoms with van der Waals surface area (Å²) < 4.78 is 56.3. The number of nitro groups is 2. The molecule has 2 rings (SSSR count). The highest BCUT2D eigenvalue weighted by Crippen LogP contribution is 2.53. The summed E-state index contributed by atoms with van der Waals surface area (Å²) in [5, 5.41) is 12.9. The van der Waals surface area contributed by atoms with E-state index in [1.807, 2.05) is 0 Å². The number of benzene rings is 2.